The molecule has 0 amide bonds. The van der Waals surface area contributed by atoms with E-state index < -0.39 is 0 Å². The molecule has 2 aromatic rings. The summed E-state index contributed by atoms with van der Waals surface area (Å²) < 4.78 is 2.09. The molecule has 2 heterocycles. The number of nitrogens with one attached hydrogen (secondary N) is 2. The number of aliphatic imine (C=N–C) groups is 1. The van der Waals surface area contributed by atoms with Crippen LogP contribution in [0.4, 0.5) is 0 Å². The highest BCUT2D eigenvalue weighted by Crippen LogP contribution is 2.16. The van der Waals surface area contributed by atoms with Crippen molar-refractivity contribution in [2.75, 3.05) is 26.7 Å². The lowest BCUT2D eigenvalue weighted by atomic mass is 10.0. The van der Waals surface area contributed by atoms with Crippen molar-refractivity contribution < 1.29 is 0 Å². The van der Waals surface area contributed by atoms with Crippen molar-refractivity contribution in [3.05, 3.63) is 47.5 Å². The molecular weight excluding hydrogens is 350 g/mol. The predicted octanol–water partition coefficient (Wildman–Crippen LogP) is 1.98. The Bertz CT molecular complexity index is 760. The molecule has 28 heavy (non-hydrogen) atoms. The van der Waals surface area contributed by atoms with Gasteiger partial charge in [0.1, 0.15) is 12.2 Å². The van der Waals surface area contributed by atoms with Crippen LogP contribution in [0.3, 0.4) is 0 Å². The summed E-state index contributed by atoms with van der Waals surface area (Å²) in [6.07, 6.45) is 4.96. The molecule has 7 nitrogen and oxygen atoms in total. The molecule has 1 aliphatic heterocycles. The Morgan fingerprint density at radius 2 is 2.04 bits per heavy atom. The third-order valence-electron chi connectivity index (χ3n) is 5.46. The zero-order valence-electron chi connectivity index (χ0n) is 17.4. The molecule has 0 saturated carbocycles. The number of likely N-dealkylation sites (tertiary alicyclic amines) is 1. The summed E-state index contributed by atoms with van der Waals surface area (Å²) in [5.74, 6) is 1.90. The van der Waals surface area contributed by atoms with E-state index >= 15 is 0 Å². The quantitative estimate of drug-likeness (QED) is 0.565. The largest absolute Gasteiger partial charge is 0.355 e. The second-order valence-electron chi connectivity index (χ2n) is 7.41. The highest BCUT2D eigenvalue weighted by atomic mass is 15.3. The van der Waals surface area contributed by atoms with E-state index in [9.17, 15) is 0 Å². The summed E-state index contributed by atoms with van der Waals surface area (Å²) in [6, 6.07) is 9.16. The predicted molar refractivity (Wildman–Crippen MR) is 113 cm³/mol. The first-order valence-corrected chi connectivity index (χ1v) is 10.3. The molecule has 7 heteroatoms. The lowest BCUT2D eigenvalue weighted by Gasteiger charge is -2.33. The van der Waals surface area contributed by atoms with Gasteiger partial charge in [0.25, 0.3) is 0 Å². The molecule has 3 rings (SSSR count). The van der Waals surface area contributed by atoms with Gasteiger partial charge in [-0.15, -0.1) is 10.2 Å². The second kappa shape index (κ2) is 10.2. The van der Waals surface area contributed by atoms with E-state index in [1.165, 1.54) is 11.1 Å². The van der Waals surface area contributed by atoms with Crippen LogP contribution in [0.1, 0.15) is 36.7 Å². The number of rotatable bonds is 7. The Labute approximate surface area is 168 Å². The van der Waals surface area contributed by atoms with Gasteiger partial charge in [0, 0.05) is 52.2 Å². The minimum absolute atomic E-state index is 0.473. The first-order valence-electron chi connectivity index (χ1n) is 10.3. The van der Waals surface area contributed by atoms with Crippen LogP contribution in [0.5, 0.6) is 0 Å². The maximum atomic E-state index is 4.38. The number of benzene rings is 1. The topological polar surface area (TPSA) is 70.4 Å². The van der Waals surface area contributed by atoms with Crippen LogP contribution in [-0.4, -0.2) is 58.3 Å². The van der Waals surface area contributed by atoms with E-state index in [0.717, 1.165) is 63.8 Å². The number of piperidine rings is 1. The molecule has 0 radical (unpaired) electrons. The average molecular weight is 384 g/mol. The van der Waals surface area contributed by atoms with Crippen LogP contribution < -0.4 is 10.6 Å². The monoisotopic (exact) mass is 383 g/mol. The Kier molecular flexibility index (Phi) is 7.42. The maximum absolute atomic E-state index is 4.38. The fraction of sp³-hybridized carbons (Fsp3) is 0.571. The first kappa shape index (κ1) is 20.3. The summed E-state index contributed by atoms with van der Waals surface area (Å²) in [7, 11) is 1.83. The van der Waals surface area contributed by atoms with Crippen molar-refractivity contribution in [3.8, 4) is 0 Å². The minimum Gasteiger partial charge on any atom is -0.355 e. The van der Waals surface area contributed by atoms with E-state index in [1.54, 1.807) is 6.33 Å². The van der Waals surface area contributed by atoms with Crippen molar-refractivity contribution in [2.45, 2.75) is 52.2 Å². The van der Waals surface area contributed by atoms with Gasteiger partial charge in [-0.05, 0) is 30.9 Å². The van der Waals surface area contributed by atoms with E-state index in [-0.39, 0.29) is 0 Å². The van der Waals surface area contributed by atoms with Gasteiger partial charge in [0.2, 0.25) is 0 Å². The van der Waals surface area contributed by atoms with Crippen LogP contribution >= 0.6 is 0 Å². The Morgan fingerprint density at radius 3 is 2.75 bits per heavy atom. The summed E-state index contributed by atoms with van der Waals surface area (Å²) in [5, 5.41) is 15.1. The van der Waals surface area contributed by atoms with Crippen molar-refractivity contribution in [1.82, 2.24) is 30.3 Å². The number of hydrogen-bond acceptors (Lipinski definition) is 4. The van der Waals surface area contributed by atoms with Crippen LogP contribution in [0, 0.1) is 6.92 Å². The average Bonchev–Trinajstić information content (AvgIpc) is 3.18. The molecule has 0 bridgehead atoms. The Morgan fingerprint density at radius 1 is 1.25 bits per heavy atom. The molecule has 1 aromatic carbocycles. The van der Waals surface area contributed by atoms with E-state index in [1.807, 2.05) is 7.05 Å². The van der Waals surface area contributed by atoms with E-state index in [0.29, 0.717) is 6.04 Å². The van der Waals surface area contributed by atoms with Gasteiger partial charge in [-0.3, -0.25) is 9.89 Å². The molecule has 1 aromatic heterocycles. The van der Waals surface area contributed by atoms with E-state index in [4.69, 9.17) is 0 Å². The zero-order valence-corrected chi connectivity index (χ0v) is 17.4. The molecule has 0 aliphatic carbocycles. The maximum Gasteiger partial charge on any atom is 0.191 e. The lowest BCUT2D eigenvalue weighted by Crippen LogP contribution is -2.49. The van der Waals surface area contributed by atoms with Crippen molar-refractivity contribution in [2.24, 2.45) is 4.99 Å². The molecule has 1 aliphatic rings. The lowest BCUT2D eigenvalue weighted by molar-refractivity contribution is 0.198. The molecule has 0 unspecified atom stereocenters. The zero-order chi connectivity index (χ0) is 19.8. The molecule has 1 fully saturated rings. The number of aryl methyl sites for hydroxylation is 2. The molecule has 2 N–H and O–H groups in total. The third-order valence-corrected chi connectivity index (χ3v) is 5.46. The highest BCUT2D eigenvalue weighted by Gasteiger charge is 2.20. The van der Waals surface area contributed by atoms with Crippen LogP contribution in [0.25, 0.3) is 0 Å². The first-order chi connectivity index (χ1) is 13.7. The fourth-order valence-corrected chi connectivity index (χ4v) is 3.69. The summed E-state index contributed by atoms with van der Waals surface area (Å²) in [4.78, 5) is 6.93. The van der Waals surface area contributed by atoms with Gasteiger partial charge < -0.3 is 15.2 Å². The number of hydrogen-bond donors (Lipinski definition) is 2. The van der Waals surface area contributed by atoms with Gasteiger partial charge in [0.15, 0.2) is 5.96 Å². The fourth-order valence-electron chi connectivity index (χ4n) is 3.69. The van der Waals surface area contributed by atoms with E-state index in [2.05, 4.69) is 73.4 Å². The van der Waals surface area contributed by atoms with Crippen LogP contribution in [0.15, 0.2) is 35.6 Å². The van der Waals surface area contributed by atoms with Crippen molar-refractivity contribution >= 4 is 5.96 Å². The molecule has 0 atom stereocenters. The molecule has 0 spiro atoms. The van der Waals surface area contributed by atoms with Gasteiger partial charge in [-0.25, -0.2) is 0 Å². The van der Waals surface area contributed by atoms with Gasteiger partial charge in [-0.1, -0.05) is 31.2 Å². The Hall–Kier alpha value is -2.41. The smallest absolute Gasteiger partial charge is 0.191 e. The molecular formula is C21H33N7. The van der Waals surface area contributed by atoms with Crippen LogP contribution in [0.2, 0.25) is 0 Å². The number of aromatic nitrogens is 3. The van der Waals surface area contributed by atoms with Gasteiger partial charge in [-0.2, -0.15) is 0 Å². The minimum atomic E-state index is 0.473. The second-order valence-corrected chi connectivity index (χ2v) is 7.41. The number of guanidine groups is 1. The molecule has 152 valence electrons. The van der Waals surface area contributed by atoms with Crippen molar-refractivity contribution in [3.63, 3.8) is 0 Å². The third kappa shape index (κ3) is 5.55. The highest BCUT2D eigenvalue weighted by molar-refractivity contribution is 5.79. The summed E-state index contributed by atoms with van der Waals surface area (Å²) >= 11 is 0. The summed E-state index contributed by atoms with van der Waals surface area (Å²) in [5.41, 5.74) is 2.82. The standard InChI is InChI=1S/C21H33N7/c1-4-20-26-24-16-28(20)14-11-23-21(22-3)25-19-9-12-27(13-10-19)15-18-8-6-5-7-17(18)2/h5-8,16,19H,4,9-15H2,1-3H3,(H2,22,23,25). The van der Waals surface area contributed by atoms with Gasteiger partial charge in [0.05, 0.1) is 0 Å². The van der Waals surface area contributed by atoms with Gasteiger partial charge >= 0.3 is 0 Å². The number of nitrogens with zero attached hydrogens (tertiary/aromatic N) is 5. The summed E-state index contributed by atoms with van der Waals surface area (Å²) in [6.45, 7) is 9.21. The van der Waals surface area contributed by atoms with Crippen LogP contribution in [-0.2, 0) is 19.5 Å². The molecule has 1 saturated heterocycles. The van der Waals surface area contributed by atoms with Crippen molar-refractivity contribution in [1.29, 1.82) is 0 Å². The normalized spacial score (nSPS) is 16.3. The Balaban J connectivity index is 1.40. The SMILES string of the molecule is CCc1nncn1CCNC(=NC)NC1CCN(Cc2ccccc2C)CC1.